The van der Waals surface area contributed by atoms with Gasteiger partial charge in [0.2, 0.25) is 5.91 Å². The number of hydrogen-bond acceptors (Lipinski definition) is 5. The van der Waals surface area contributed by atoms with Crippen molar-refractivity contribution in [3.8, 4) is 0 Å². The third kappa shape index (κ3) is 3.64. The van der Waals surface area contributed by atoms with Crippen molar-refractivity contribution in [2.24, 2.45) is 0 Å². The summed E-state index contributed by atoms with van der Waals surface area (Å²) in [5, 5.41) is 13.6. The lowest BCUT2D eigenvalue weighted by Crippen LogP contribution is -2.35. The molecule has 1 fully saturated rings. The van der Waals surface area contributed by atoms with E-state index in [-0.39, 0.29) is 24.4 Å². The van der Waals surface area contributed by atoms with Crippen LogP contribution in [0.3, 0.4) is 0 Å². The Kier molecular flexibility index (Phi) is 4.64. The van der Waals surface area contributed by atoms with Crippen LogP contribution in [-0.4, -0.2) is 32.8 Å². The molecule has 8 heteroatoms. The predicted molar refractivity (Wildman–Crippen MR) is 86.6 cm³/mol. The Morgan fingerprint density at radius 3 is 2.75 bits per heavy atom. The first kappa shape index (κ1) is 16.2. The molecule has 1 saturated carbocycles. The molecular formula is C16H21N5O3. The molecule has 2 N–H and O–H groups in total. The van der Waals surface area contributed by atoms with Crippen molar-refractivity contribution in [1.82, 2.24) is 20.3 Å². The predicted octanol–water partition coefficient (Wildman–Crippen LogP) is 1.80. The maximum absolute atomic E-state index is 12.3. The van der Waals surface area contributed by atoms with Crippen LogP contribution in [0.1, 0.15) is 47.5 Å². The molecule has 2 aromatic rings. The maximum atomic E-state index is 12.3. The Balaban J connectivity index is 1.57. The van der Waals surface area contributed by atoms with E-state index < -0.39 is 0 Å². The zero-order valence-electron chi connectivity index (χ0n) is 13.8. The average Bonchev–Trinajstić information content (AvgIpc) is 3.23. The van der Waals surface area contributed by atoms with Crippen LogP contribution in [0.2, 0.25) is 0 Å². The van der Waals surface area contributed by atoms with Crippen molar-refractivity contribution in [3.63, 3.8) is 0 Å². The van der Waals surface area contributed by atoms with E-state index in [0.717, 1.165) is 12.8 Å². The summed E-state index contributed by atoms with van der Waals surface area (Å²) in [6.07, 6.45) is 7.58. The molecule has 0 atom stereocenters. The third-order valence-electron chi connectivity index (χ3n) is 4.18. The molecule has 24 heavy (non-hydrogen) atoms. The molecule has 0 unspecified atom stereocenters. The fourth-order valence-electron chi connectivity index (χ4n) is 3.01. The fourth-order valence-corrected chi connectivity index (χ4v) is 3.01. The summed E-state index contributed by atoms with van der Waals surface area (Å²) < 4.78 is 6.50. The highest BCUT2D eigenvalue weighted by molar-refractivity contribution is 6.05. The number of hydrogen-bond donors (Lipinski definition) is 2. The molecule has 0 aliphatic heterocycles. The van der Waals surface area contributed by atoms with E-state index in [0.29, 0.717) is 22.7 Å². The molecule has 0 saturated heterocycles. The van der Waals surface area contributed by atoms with Gasteiger partial charge in [0.1, 0.15) is 17.9 Å². The highest BCUT2D eigenvalue weighted by Crippen LogP contribution is 2.18. The van der Waals surface area contributed by atoms with Gasteiger partial charge in [0, 0.05) is 12.2 Å². The van der Waals surface area contributed by atoms with E-state index in [4.69, 9.17) is 4.52 Å². The van der Waals surface area contributed by atoms with Crippen LogP contribution < -0.4 is 10.6 Å². The largest absolute Gasteiger partial charge is 0.361 e. The zero-order chi connectivity index (χ0) is 17.1. The van der Waals surface area contributed by atoms with E-state index in [1.54, 1.807) is 20.0 Å². The second-order valence-corrected chi connectivity index (χ2v) is 6.13. The number of nitrogens with zero attached hydrogens (tertiary/aromatic N) is 3. The van der Waals surface area contributed by atoms with Gasteiger partial charge < -0.3 is 15.2 Å². The van der Waals surface area contributed by atoms with Crippen LogP contribution in [0.15, 0.2) is 16.9 Å². The summed E-state index contributed by atoms with van der Waals surface area (Å²) in [5.41, 5.74) is 1.48. The summed E-state index contributed by atoms with van der Waals surface area (Å²) in [5.74, 6) is 0.100. The zero-order valence-corrected chi connectivity index (χ0v) is 13.8. The number of carbonyl (C=O) groups is 2. The van der Waals surface area contributed by atoms with E-state index >= 15 is 0 Å². The van der Waals surface area contributed by atoms with Gasteiger partial charge in [-0.1, -0.05) is 18.0 Å². The Labute approximate surface area is 139 Å². The Bertz CT molecular complexity index is 723. The first-order chi connectivity index (χ1) is 11.5. The van der Waals surface area contributed by atoms with Gasteiger partial charge in [-0.05, 0) is 26.7 Å². The second kappa shape index (κ2) is 6.86. The highest BCUT2D eigenvalue weighted by Gasteiger charge is 2.19. The third-order valence-corrected chi connectivity index (χ3v) is 4.18. The number of aryl methyl sites for hydroxylation is 2. The fraction of sp³-hybridized carbons (Fsp3) is 0.500. The second-order valence-electron chi connectivity index (χ2n) is 6.13. The van der Waals surface area contributed by atoms with Crippen molar-refractivity contribution in [2.75, 3.05) is 5.32 Å². The number of aromatic nitrogens is 3. The number of amides is 2. The van der Waals surface area contributed by atoms with Gasteiger partial charge in [-0.25, -0.2) is 0 Å². The van der Waals surface area contributed by atoms with Crippen LogP contribution >= 0.6 is 0 Å². The molecule has 3 rings (SSSR count). The van der Waals surface area contributed by atoms with Crippen LogP contribution in [0.4, 0.5) is 5.69 Å². The normalized spacial score (nSPS) is 14.8. The van der Waals surface area contributed by atoms with Crippen molar-refractivity contribution in [3.05, 3.63) is 29.4 Å². The van der Waals surface area contributed by atoms with E-state index in [1.807, 2.05) is 0 Å². The number of carbonyl (C=O) groups excluding carboxylic acids is 2. The van der Waals surface area contributed by atoms with Gasteiger partial charge in [-0.3, -0.25) is 14.3 Å². The molecule has 8 nitrogen and oxygen atoms in total. The molecule has 2 aromatic heterocycles. The smallest absolute Gasteiger partial charge is 0.261 e. The van der Waals surface area contributed by atoms with Crippen LogP contribution in [0.5, 0.6) is 0 Å². The first-order valence-corrected chi connectivity index (χ1v) is 8.09. The molecule has 0 aromatic carbocycles. The van der Waals surface area contributed by atoms with Gasteiger partial charge in [0.05, 0.1) is 17.6 Å². The lowest BCUT2D eigenvalue weighted by molar-refractivity contribution is -0.122. The quantitative estimate of drug-likeness (QED) is 0.870. The Morgan fingerprint density at radius 2 is 2.08 bits per heavy atom. The van der Waals surface area contributed by atoms with Crippen molar-refractivity contribution >= 4 is 17.5 Å². The monoisotopic (exact) mass is 331 g/mol. The standard InChI is InChI=1S/C16H21N5O3/c1-10-15(11(2)24-20-10)16(23)19-13-7-17-21(8-13)9-14(22)18-12-5-3-4-6-12/h7-8,12H,3-6,9H2,1-2H3,(H,18,22)(H,19,23). The Morgan fingerprint density at radius 1 is 1.33 bits per heavy atom. The SMILES string of the molecule is Cc1noc(C)c1C(=O)Nc1cnn(CC(=O)NC2CCCC2)c1. The summed E-state index contributed by atoms with van der Waals surface area (Å²) in [4.78, 5) is 24.2. The van der Waals surface area contributed by atoms with Gasteiger partial charge in [-0.2, -0.15) is 5.10 Å². The summed E-state index contributed by atoms with van der Waals surface area (Å²) in [6.45, 7) is 3.53. The minimum atomic E-state index is -0.304. The van der Waals surface area contributed by atoms with Crippen molar-refractivity contribution in [2.45, 2.75) is 52.1 Å². The Hall–Kier alpha value is -2.64. The molecule has 0 radical (unpaired) electrons. The van der Waals surface area contributed by atoms with Crippen molar-refractivity contribution < 1.29 is 14.1 Å². The van der Waals surface area contributed by atoms with Crippen LogP contribution in [-0.2, 0) is 11.3 Å². The highest BCUT2D eigenvalue weighted by atomic mass is 16.5. The maximum Gasteiger partial charge on any atom is 0.261 e. The van der Waals surface area contributed by atoms with Crippen molar-refractivity contribution in [1.29, 1.82) is 0 Å². The van der Waals surface area contributed by atoms with Gasteiger partial charge in [-0.15, -0.1) is 0 Å². The van der Waals surface area contributed by atoms with E-state index in [2.05, 4.69) is 20.9 Å². The number of rotatable bonds is 5. The summed E-state index contributed by atoms with van der Waals surface area (Å²) in [6, 6.07) is 0.284. The molecule has 0 bridgehead atoms. The molecule has 128 valence electrons. The molecular weight excluding hydrogens is 310 g/mol. The molecule has 0 spiro atoms. The number of nitrogens with one attached hydrogen (secondary N) is 2. The van der Waals surface area contributed by atoms with E-state index in [1.165, 1.54) is 23.7 Å². The number of anilines is 1. The molecule has 2 heterocycles. The summed E-state index contributed by atoms with van der Waals surface area (Å²) >= 11 is 0. The molecule has 1 aliphatic carbocycles. The molecule has 1 aliphatic rings. The topological polar surface area (TPSA) is 102 Å². The average molecular weight is 331 g/mol. The minimum absolute atomic E-state index is 0.0615. The lowest BCUT2D eigenvalue weighted by Gasteiger charge is -2.11. The lowest BCUT2D eigenvalue weighted by atomic mass is 10.2. The molecule has 2 amide bonds. The summed E-state index contributed by atoms with van der Waals surface area (Å²) in [7, 11) is 0. The van der Waals surface area contributed by atoms with Gasteiger partial charge >= 0.3 is 0 Å². The van der Waals surface area contributed by atoms with Crippen LogP contribution in [0, 0.1) is 13.8 Å². The van der Waals surface area contributed by atoms with E-state index in [9.17, 15) is 9.59 Å². The van der Waals surface area contributed by atoms with Gasteiger partial charge in [0.15, 0.2) is 0 Å². The van der Waals surface area contributed by atoms with Gasteiger partial charge in [0.25, 0.3) is 5.91 Å². The first-order valence-electron chi connectivity index (χ1n) is 8.09. The minimum Gasteiger partial charge on any atom is -0.361 e. The van der Waals surface area contributed by atoms with Crippen LogP contribution in [0.25, 0.3) is 0 Å².